The Balaban J connectivity index is 3.39. The largest absolute Gasteiger partial charge is 0.383 e. The first kappa shape index (κ1) is 12.3. The second-order valence-electron chi connectivity index (χ2n) is 3.35. The van der Waals surface area contributed by atoms with Crippen molar-refractivity contribution in [2.24, 2.45) is 5.92 Å². The SMILES string of the molecule is CCCCC(CC)CSC(C)O. The molecular weight excluding hydrogens is 168 g/mol. The molecule has 0 spiro atoms. The summed E-state index contributed by atoms with van der Waals surface area (Å²) < 4.78 is 0. The Morgan fingerprint density at radius 1 is 1.33 bits per heavy atom. The Labute approximate surface area is 80.9 Å². The molecule has 0 aromatic rings. The van der Waals surface area contributed by atoms with E-state index in [9.17, 15) is 0 Å². The van der Waals surface area contributed by atoms with Crippen molar-refractivity contribution in [2.75, 3.05) is 5.75 Å². The van der Waals surface area contributed by atoms with Crippen LogP contribution in [0.4, 0.5) is 0 Å². The quantitative estimate of drug-likeness (QED) is 0.622. The highest BCUT2D eigenvalue weighted by molar-refractivity contribution is 7.99. The molecule has 0 amide bonds. The molecule has 0 aromatic carbocycles. The molecule has 0 heterocycles. The van der Waals surface area contributed by atoms with E-state index in [1.54, 1.807) is 11.8 Å². The Bertz CT molecular complexity index is 93.8. The Morgan fingerprint density at radius 3 is 2.42 bits per heavy atom. The zero-order chi connectivity index (χ0) is 9.40. The van der Waals surface area contributed by atoms with Gasteiger partial charge >= 0.3 is 0 Å². The van der Waals surface area contributed by atoms with Crippen molar-refractivity contribution in [3.05, 3.63) is 0 Å². The van der Waals surface area contributed by atoms with Gasteiger partial charge in [0.15, 0.2) is 0 Å². The van der Waals surface area contributed by atoms with Gasteiger partial charge in [0, 0.05) is 0 Å². The summed E-state index contributed by atoms with van der Waals surface area (Å²) in [6, 6.07) is 0. The molecule has 0 bridgehead atoms. The molecule has 0 aliphatic heterocycles. The van der Waals surface area contributed by atoms with Gasteiger partial charge in [0.05, 0.1) is 5.44 Å². The number of aliphatic hydroxyl groups is 1. The van der Waals surface area contributed by atoms with E-state index in [0.717, 1.165) is 11.7 Å². The molecule has 2 heteroatoms. The Morgan fingerprint density at radius 2 is 2.00 bits per heavy atom. The minimum absolute atomic E-state index is 0.194. The zero-order valence-corrected chi connectivity index (χ0v) is 9.36. The lowest BCUT2D eigenvalue weighted by molar-refractivity contribution is 0.283. The van der Waals surface area contributed by atoms with E-state index >= 15 is 0 Å². The number of hydrogen-bond donors (Lipinski definition) is 1. The predicted octanol–water partition coefficient (Wildman–Crippen LogP) is 3.27. The van der Waals surface area contributed by atoms with Crippen LogP contribution in [0.15, 0.2) is 0 Å². The van der Waals surface area contributed by atoms with Gasteiger partial charge in [0.2, 0.25) is 0 Å². The molecule has 0 aromatic heterocycles. The summed E-state index contributed by atoms with van der Waals surface area (Å²) in [5, 5.41) is 9.09. The summed E-state index contributed by atoms with van der Waals surface area (Å²) in [4.78, 5) is 0. The fourth-order valence-electron chi connectivity index (χ4n) is 1.17. The number of hydrogen-bond acceptors (Lipinski definition) is 2. The molecule has 1 N–H and O–H groups in total. The van der Waals surface area contributed by atoms with Crippen LogP contribution in [0.25, 0.3) is 0 Å². The van der Waals surface area contributed by atoms with Crippen LogP contribution in [0.3, 0.4) is 0 Å². The topological polar surface area (TPSA) is 20.2 Å². The van der Waals surface area contributed by atoms with Crippen molar-refractivity contribution < 1.29 is 5.11 Å². The van der Waals surface area contributed by atoms with Crippen molar-refractivity contribution in [3.63, 3.8) is 0 Å². The van der Waals surface area contributed by atoms with Crippen molar-refractivity contribution in [3.8, 4) is 0 Å². The minimum atomic E-state index is -0.194. The molecule has 0 saturated carbocycles. The van der Waals surface area contributed by atoms with Gasteiger partial charge in [-0.1, -0.05) is 33.1 Å². The molecule has 0 fully saturated rings. The molecule has 0 aliphatic rings. The van der Waals surface area contributed by atoms with E-state index in [-0.39, 0.29) is 5.44 Å². The van der Waals surface area contributed by atoms with Gasteiger partial charge in [-0.3, -0.25) is 0 Å². The van der Waals surface area contributed by atoms with E-state index in [2.05, 4.69) is 13.8 Å². The molecule has 2 unspecified atom stereocenters. The highest BCUT2D eigenvalue weighted by Crippen LogP contribution is 2.20. The summed E-state index contributed by atoms with van der Waals surface area (Å²) in [6.45, 7) is 6.31. The standard InChI is InChI=1S/C10H22OS/c1-4-6-7-10(5-2)8-12-9(3)11/h9-11H,4-8H2,1-3H3. The van der Waals surface area contributed by atoms with Crippen LogP contribution in [0.1, 0.15) is 46.5 Å². The van der Waals surface area contributed by atoms with Gasteiger partial charge < -0.3 is 5.11 Å². The van der Waals surface area contributed by atoms with Crippen molar-refractivity contribution in [2.45, 2.75) is 51.9 Å². The van der Waals surface area contributed by atoms with E-state index < -0.39 is 0 Å². The summed E-state index contributed by atoms with van der Waals surface area (Å²) in [6.07, 6.45) is 5.20. The molecule has 74 valence electrons. The average Bonchev–Trinajstić information content (AvgIpc) is 2.05. The van der Waals surface area contributed by atoms with Gasteiger partial charge in [-0.2, -0.15) is 0 Å². The van der Waals surface area contributed by atoms with Crippen LogP contribution in [0, 0.1) is 5.92 Å². The Kier molecular flexibility index (Phi) is 8.14. The van der Waals surface area contributed by atoms with Crippen LogP contribution < -0.4 is 0 Å². The minimum Gasteiger partial charge on any atom is -0.383 e. The predicted molar refractivity (Wildman–Crippen MR) is 57.4 cm³/mol. The van der Waals surface area contributed by atoms with Gasteiger partial charge in [-0.25, -0.2) is 0 Å². The van der Waals surface area contributed by atoms with Gasteiger partial charge in [-0.05, 0) is 25.0 Å². The molecule has 0 radical (unpaired) electrons. The first-order chi connectivity index (χ1) is 5.70. The third-order valence-corrected chi connectivity index (χ3v) is 3.26. The summed E-state index contributed by atoms with van der Waals surface area (Å²) in [5.74, 6) is 1.93. The zero-order valence-electron chi connectivity index (χ0n) is 8.55. The highest BCUT2D eigenvalue weighted by Gasteiger charge is 2.07. The number of rotatable bonds is 7. The third kappa shape index (κ3) is 6.99. The lowest BCUT2D eigenvalue weighted by Crippen LogP contribution is -2.05. The monoisotopic (exact) mass is 190 g/mol. The second-order valence-corrected chi connectivity index (χ2v) is 4.70. The highest BCUT2D eigenvalue weighted by atomic mass is 32.2. The van der Waals surface area contributed by atoms with Crippen LogP contribution in [-0.2, 0) is 0 Å². The smallest absolute Gasteiger partial charge is 0.0964 e. The molecule has 0 saturated heterocycles. The van der Waals surface area contributed by atoms with Crippen molar-refractivity contribution >= 4 is 11.8 Å². The van der Waals surface area contributed by atoms with Crippen LogP contribution in [0.5, 0.6) is 0 Å². The van der Waals surface area contributed by atoms with E-state index in [4.69, 9.17) is 5.11 Å². The molecule has 1 nitrogen and oxygen atoms in total. The maximum Gasteiger partial charge on any atom is 0.0964 e. The molecule has 2 atom stereocenters. The number of unbranched alkanes of at least 4 members (excludes halogenated alkanes) is 1. The molecule has 0 aliphatic carbocycles. The van der Waals surface area contributed by atoms with Gasteiger partial charge in [0.25, 0.3) is 0 Å². The molecular formula is C10H22OS. The summed E-state index contributed by atoms with van der Waals surface area (Å²) >= 11 is 1.67. The van der Waals surface area contributed by atoms with Crippen LogP contribution in [-0.4, -0.2) is 16.3 Å². The van der Waals surface area contributed by atoms with Crippen molar-refractivity contribution in [1.82, 2.24) is 0 Å². The number of aliphatic hydroxyl groups excluding tert-OH is 1. The maximum atomic E-state index is 9.09. The van der Waals surface area contributed by atoms with E-state index in [0.29, 0.717) is 0 Å². The first-order valence-corrected chi connectivity index (χ1v) is 6.05. The lowest BCUT2D eigenvalue weighted by Gasteiger charge is -2.14. The van der Waals surface area contributed by atoms with Crippen LogP contribution in [0.2, 0.25) is 0 Å². The fourth-order valence-corrected chi connectivity index (χ4v) is 2.13. The van der Waals surface area contributed by atoms with Gasteiger partial charge in [0.1, 0.15) is 0 Å². The summed E-state index contributed by atoms with van der Waals surface area (Å²) in [7, 11) is 0. The molecule has 0 rings (SSSR count). The van der Waals surface area contributed by atoms with Crippen molar-refractivity contribution in [1.29, 1.82) is 0 Å². The maximum absolute atomic E-state index is 9.09. The lowest BCUT2D eigenvalue weighted by atomic mass is 10.0. The first-order valence-electron chi connectivity index (χ1n) is 5.00. The average molecular weight is 190 g/mol. The Hall–Kier alpha value is 0.310. The van der Waals surface area contributed by atoms with E-state index in [1.165, 1.54) is 25.7 Å². The van der Waals surface area contributed by atoms with E-state index in [1.807, 2.05) is 6.92 Å². The normalized spacial score (nSPS) is 16.0. The summed E-state index contributed by atoms with van der Waals surface area (Å²) in [5.41, 5.74) is -0.194. The molecule has 12 heavy (non-hydrogen) atoms. The third-order valence-electron chi connectivity index (χ3n) is 2.12. The van der Waals surface area contributed by atoms with Gasteiger partial charge in [-0.15, -0.1) is 11.8 Å². The second kappa shape index (κ2) is 7.93. The fraction of sp³-hybridized carbons (Fsp3) is 1.00. The van der Waals surface area contributed by atoms with Crippen LogP contribution >= 0.6 is 11.8 Å². The number of thioether (sulfide) groups is 1.